The van der Waals surface area contributed by atoms with Crippen molar-refractivity contribution in [3.05, 3.63) is 0 Å². The highest BCUT2D eigenvalue weighted by molar-refractivity contribution is 5.81. The fourth-order valence-corrected chi connectivity index (χ4v) is 0.580. The van der Waals surface area contributed by atoms with Gasteiger partial charge in [0.2, 0.25) is 5.91 Å². The number of carbonyl (C=O) groups excluding carboxylic acids is 1. The third-order valence-corrected chi connectivity index (χ3v) is 1.19. The molecular formula is C6H14N2O3. The highest BCUT2D eigenvalue weighted by Gasteiger charge is 2.10. The van der Waals surface area contributed by atoms with Crippen molar-refractivity contribution >= 4 is 5.91 Å². The minimum atomic E-state index is -0.674. The van der Waals surface area contributed by atoms with Crippen LogP contribution in [0.15, 0.2) is 0 Å². The largest absolute Gasteiger partial charge is 0.396 e. The van der Waals surface area contributed by atoms with E-state index < -0.39 is 6.04 Å². The van der Waals surface area contributed by atoms with Crippen LogP contribution < -0.4 is 11.1 Å². The van der Waals surface area contributed by atoms with Gasteiger partial charge in [0.25, 0.3) is 0 Å². The molecule has 0 bridgehead atoms. The molecule has 0 aliphatic rings. The molecule has 0 aromatic carbocycles. The number of hydrogen-bond donors (Lipinski definition) is 4. The predicted molar refractivity (Wildman–Crippen MR) is 39.8 cm³/mol. The zero-order chi connectivity index (χ0) is 8.69. The first-order valence-corrected chi connectivity index (χ1v) is 3.47. The Hall–Kier alpha value is -0.650. The van der Waals surface area contributed by atoms with E-state index >= 15 is 0 Å². The van der Waals surface area contributed by atoms with Gasteiger partial charge >= 0.3 is 0 Å². The number of nitrogens with one attached hydrogen (secondary N) is 1. The van der Waals surface area contributed by atoms with Crippen LogP contribution in [0.4, 0.5) is 0 Å². The van der Waals surface area contributed by atoms with Crippen LogP contribution in [0.5, 0.6) is 0 Å². The summed E-state index contributed by atoms with van der Waals surface area (Å²) in [4.78, 5) is 10.8. The van der Waals surface area contributed by atoms with Gasteiger partial charge < -0.3 is 21.3 Å². The Morgan fingerprint density at radius 2 is 2.09 bits per heavy atom. The van der Waals surface area contributed by atoms with E-state index in [0.717, 1.165) is 0 Å². The van der Waals surface area contributed by atoms with Crippen LogP contribution in [0, 0.1) is 0 Å². The molecule has 0 saturated heterocycles. The molecule has 0 fully saturated rings. The third kappa shape index (κ3) is 4.72. The smallest absolute Gasteiger partial charge is 0.237 e. The standard InChI is InChI=1S/C6H14N2O3/c7-5(1-3-9)6(11)8-2-4-10/h5,9-10H,1-4,7H2,(H,8,11). The fraction of sp³-hybridized carbons (Fsp3) is 0.833. The Morgan fingerprint density at radius 3 is 2.55 bits per heavy atom. The second-order valence-electron chi connectivity index (χ2n) is 2.13. The van der Waals surface area contributed by atoms with Gasteiger partial charge in [0.1, 0.15) is 0 Å². The molecule has 5 heteroatoms. The normalized spacial score (nSPS) is 12.6. The van der Waals surface area contributed by atoms with E-state index in [-0.39, 0.29) is 32.1 Å². The quantitative estimate of drug-likeness (QED) is 0.369. The van der Waals surface area contributed by atoms with Crippen LogP contribution in [0.2, 0.25) is 0 Å². The average Bonchev–Trinajstić information content (AvgIpc) is 2.00. The molecule has 0 aliphatic carbocycles. The van der Waals surface area contributed by atoms with Gasteiger partial charge in [-0.05, 0) is 6.42 Å². The lowest BCUT2D eigenvalue weighted by Crippen LogP contribution is -2.42. The summed E-state index contributed by atoms with van der Waals surface area (Å²) in [6, 6.07) is -0.674. The summed E-state index contributed by atoms with van der Waals surface area (Å²) in [5.74, 6) is -0.340. The van der Waals surface area contributed by atoms with Crippen LogP contribution >= 0.6 is 0 Å². The van der Waals surface area contributed by atoms with Gasteiger partial charge in [-0.2, -0.15) is 0 Å². The Labute approximate surface area is 65.2 Å². The van der Waals surface area contributed by atoms with Crippen molar-refractivity contribution in [3.63, 3.8) is 0 Å². The van der Waals surface area contributed by atoms with E-state index in [1.165, 1.54) is 0 Å². The first kappa shape index (κ1) is 10.3. The summed E-state index contributed by atoms with van der Waals surface area (Å²) in [6.45, 7) is 0.00323. The first-order valence-electron chi connectivity index (χ1n) is 3.47. The number of aliphatic hydroxyl groups is 2. The number of amides is 1. The molecule has 11 heavy (non-hydrogen) atoms. The second kappa shape index (κ2) is 6.09. The molecule has 0 rings (SSSR count). The van der Waals surface area contributed by atoms with E-state index in [1.54, 1.807) is 0 Å². The molecule has 0 aromatic rings. The summed E-state index contributed by atoms with van der Waals surface area (Å²) in [5, 5.41) is 19.1. The SMILES string of the molecule is NC(CCO)C(=O)NCCO. The molecular weight excluding hydrogens is 148 g/mol. The molecule has 1 atom stereocenters. The van der Waals surface area contributed by atoms with Gasteiger partial charge in [0, 0.05) is 13.2 Å². The van der Waals surface area contributed by atoms with Gasteiger partial charge in [0.05, 0.1) is 12.6 Å². The van der Waals surface area contributed by atoms with Crippen LogP contribution in [0.3, 0.4) is 0 Å². The van der Waals surface area contributed by atoms with Crippen molar-refractivity contribution in [2.24, 2.45) is 5.73 Å². The lowest BCUT2D eigenvalue weighted by atomic mass is 10.2. The number of aliphatic hydroxyl groups excluding tert-OH is 2. The van der Waals surface area contributed by atoms with Gasteiger partial charge in [-0.25, -0.2) is 0 Å². The zero-order valence-corrected chi connectivity index (χ0v) is 6.29. The second-order valence-corrected chi connectivity index (χ2v) is 2.13. The fourth-order valence-electron chi connectivity index (χ4n) is 0.580. The summed E-state index contributed by atoms with van der Waals surface area (Å²) in [6.07, 6.45) is 0.247. The maximum Gasteiger partial charge on any atom is 0.237 e. The molecule has 5 N–H and O–H groups in total. The minimum Gasteiger partial charge on any atom is -0.396 e. The molecule has 0 aliphatic heterocycles. The maximum atomic E-state index is 10.8. The van der Waals surface area contributed by atoms with Gasteiger partial charge in [0.15, 0.2) is 0 Å². The van der Waals surface area contributed by atoms with Crippen LogP contribution in [0.25, 0.3) is 0 Å². The zero-order valence-electron chi connectivity index (χ0n) is 6.29. The summed E-state index contributed by atoms with van der Waals surface area (Å²) in [7, 11) is 0. The molecule has 0 aromatic heterocycles. The number of nitrogens with two attached hydrogens (primary N) is 1. The first-order chi connectivity index (χ1) is 5.22. The number of hydrogen-bond acceptors (Lipinski definition) is 4. The van der Waals surface area contributed by atoms with Crippen molar-refractivity contribution in [2.45, 2.75) is 12.5 Å². The molecule has 1 unspecified atom stereocenters. The number of rotatable bonds is 5. The molecule has 5 nitrogen and oxygen atoms in total. The van der Waals surface area contributed by atoms with E-state index in [0.29, 0.717) is 0 Å². The molecule has 0 radical (unpaired) electrons. The summed E-state index contributed by atoms with van der Waals surface area (Å²) in [5.41, 5.74) is 5.31. The lowest BCUT2D eigenvalue weighted by Gasteiger charge is -2.08. The highest BCUT2D eigenvalue weighted by atomic mass is 16.3. The summed E-state index contributed by atoms with van der Waals surface area (Å²) >= 11 is 0. The monoisotopic (exact) mass is 162 g/mol. The Balaban J connectivity index is 3.47. The Bertz CT molecular complexity index is 118. The van der Waals surface area contributed by atoms with Crippen molar-refractivity contribution in [2.75, 3.05) is 19.8 Å². The van der Waals surface area contributed by atoms with Crippen molar-refractivity contribution < 1.29 is 15.0 Å². The lowest BCUT2D eigenvalue weighted by molar-refractivity contribution is -0.122. The van der Waals surface area contributed by atoms with Crippen LogP contribution in [0.1, 0.15) is 6.42 Å². The summed E-state index contributed by atoms with van der Waals surface area (Å²) < 4.78 is 0. The van der Waals surface area contributed by atoms with Gasteiger partial charge in [-0.1, -0.05) is 0 Å². The predicted octanol–water partition coefficient (Wildman–Crippen LogP) is -2.20. The van der Waals surface area contributed by atoms with Crippen molar-refractivity contribution in [1.29, 1.82) is 0 Å². The van der Waals surface area contributed by atoms with E-state index in [9.17, 15) is 4.79 Å². The van der Waals surface area contributed by atoms with Gasteiger partial charge in [-0.3, -0.25) is 4.79 Å². The van der Waals surface area contributed by atoms with E-state index in [4.69, 9.17) is 15.9 Å². The van der Waals surface area contributed by atoms with Gasteiger partial charge in [-0.15, -0.1) is 0 Å². The molecule has 1 amide bonds. The topological polar surface area (TPSA) is 95.6 Å². The molecule has 0 heterocycles. The number of carbonyl (C=O) groups is 1. The van der Waals surface area contributed by atoms with Crippen LogP contribution in [-0.2, 0) is 4.79 Å². The molecule has 0 spiro atoms. The highest BCUT2D eigenvalue weighted by Crippen LogP contribution is 1.85. The average molecular weight is 162 g/mol. The maximum absolute atomic E-state index is 10.8. The molecule has 0 saturated carbocycles. The Morgan fingerprint density at radius 1 is 1.45 bits per heavy atom. The van der Waals surface area contributed by atoms with Crippen molar-refractivity contribution in [1.82, 2.24) is 5.32 Å². The third-order valence-electron chi connectivity index (χ3n) is 1.19. The molecule has 66 valence electrons. The van der Waals surface area contributed by atoms with Crippen LogP contribution in [-0.4, -0.2) is 41.9 Å². The van der Waals surface area contributed by atoms with Crippen molar-refractivity contribution in [3.8, 4) is 0 Å². The Kier molecular flexibility index (Phi) is 5.73. The van der Waals surface area contributed by atoms with E-state index in [2.05, 4.69) is 5.32 Å². The van der Waals surface area contributed by atoms with E-state index in [1.807, 2.05) is 0 Å². The minimum absolute atomic E-state index is 0.0996.